The Kier molecular flexibility index (Phi) is 6.83. The summed E-state index contributed by atoms with van der Waals surface area (Å²) in [5.41, 5.74) is 6.11. The second kappa shape index (κ2) is 10.1. The number of rotatable bonds is 7. The van der Waals surface area contributed by atoms with Crippen molar-refractivity contribution < 1.29 is 4.79 Å². The number of benzene rings is 3. The SMILES string of the molecule is Cc1ccc(Cl)c(-c2ccccc2C(=O)Nc2ccc(NCCc3ccccn3)cc2)c1. The minimum atomic E-state index is -0.172. The molecular formula is C27H24ClN3O. The van der Waals surface area contributed by atoms with E-state index in [0.717, 1.165) is 46.7 Å². The summed E-state index contributed by atoms with van der Waals surface area (Å²) in [6, 6.07) is 26.9. The third-order valence-electron chi connectivity index (χ3n) is 5.16. The summed E-state index contributed by atoms with van der Waals surface area (Å²) in [4.78, 5) is 17.4. The van der Waals surface area contributed by atoms with Gasteiger partial charge in [-0.05, 0) is 67.1 Å². The summed E-state index contributed by atoms with van der Waals surface area (Å²) in [7, 11) is 0. The van der Waals surface area contributed by atoms with Gasteiger partial charge in [0.1, 0.15) is 0 Å². The number of anilines is 2. The molecule has 5 heteroatoms. The Bertz CT molecular complexity index is 1210. The maximum atomic E-state index is 13.0. The maximum Gasteiger partial charge on any atom is 0.256 e. The lowest BCUT2D eigenvalue weighted by Crippen LogP contribution is -2.13. The van der Waals surface area contributed by atoms with Crippen molar-refractivity contribution in [2.24, 2.45) is 0 Å². The Labute approximate surface area is 193 Å². The maximum absolute atomic E-state index is 13.0. The van der Waals surface area contributed by atoms with Crippen molar-refractivity contribution in [3.63, 3.8) is 0 Å². The summed E-state index contributed by atoms with van der Waals surface area (Å²) in [6.45, 7) is 2.79. The van der Waals surface area contributed by atoms with Crippen molar-refractivity contribution in [1.29, 1.82) is 0 Å². The molecule has 1 amide bonds. The van der Waals surface area contributed by atoms with E-state index >= 15 is 0 Å². The highest BCUT2D eigenvalue weighted by Gasteiger charge is 2.15. The standard InChI is InChI=1S/C27H24ClN3O/c1-19-9-14-26(28)25(18-19)23-7-2-3-8-24(23)27(32)31-22-12-10-21(11-13-22)30-17-15-20-6-4-5-16-29-20/h2-14,16,18,30H,15,17H2,1H3,(H,31,32). The van der Waals surface area contributed by atoms with Crippen LogP contribution in [0.5, 0.6) is 0 Å². The molecule has 160 valence electrons. The molecule has 0 unspecified atom stereocenters. The number of nitrogens with one attached hydrogen (secondary N) is 2. The van der Waals surface area contributed by atoms with E-state index in [1.165, 1.54) is 0 Å². The van der Waals surface area contributed by atoms with E-state index in [9.17, 15) is 4.79 Å². The number of carbonyl (C=O) groups is 1. The molecule has 0 spiro atoms. The number of hydrogen-bond acceptors (Lipinski definition) is 3. The Morgan fingerprint density at radius 1 is 0.875 bits per heavy atom. The Balaban J connectivity index is 1.43. The Hall–Kier alpha value is -3.63. The molecule has 4 nitrogen and oxygen atoms in total. The second-order valence-corrected chi connectivity index (χ2v) is 7.97. The van der Waals surface area contributed by atoms with Crippen molar-refractivity contribution in [1.82, 2.24) is 4.98 Å². The largest absolute Gasteiger partial charge is 0.385 e. The van der Waals surface area contributed by atoms with Crippen molar-refractivity contribution in [3.8, 4) is 11.1 Å². The van der Waals surface area contributed by atoms with E-state index in [1.807, 2.05) is 91.9 Å². The molecule has 1 heterocycles. The third-order valence-corrected chi connectivity index (χ3v) is 5.49. The van der Waals surface area contributed by atoms with Gasteiger partial charge in [0, 0.05) is 52.4 Å². The monoisotopic (exact) mass is 441 g/mol. The molecule has 32 heavy (non-hydrogen) atoms. The fraction of sp³-hybridized carbons (Fsp3) is 0.111. The molecule has 4 aromatic rings. The predicted molar refractivity (Wildman–Crippen MR) is 132 cm³/mol. The average molecular weight is 442 g/mol. The van der Waals surface area contributed by atoms with Crippen LogP contribution in [0.3, 0.4) is 0 Å². The van der Waals surface area contributed by atoms with Crippen LogP contribution in [0.2, 0.25) is 5.02 Å². The van der Waals surface area contributed by atoms with Gasteiger partial charge < -0.3 is 10.6 Å². The molecule has 0 radical (unpaired) electrons. The van der Waals surface area contributed by atoms with E-state index in [4.69, 9.17) is 11.6 Å². The smallest absolute Gasteiger partial charge is 0.256 e. The first-order valence-electron chi connectivity index (χ1n) is 10.5. The van der Waals surface area contributed by atoms with Crippen LogP contribution in [0.15, 0.2) is 91.1 Å². The summed E-state index contributed by atoms with van der Waals surface area (Å²) >= 11 is 6.42. The summed E-state index contributed by atoms with van der Waals surface area (Å²) < 4.78 is 0. The first kappa shape index (κ1) is 21.6. The van der Waals surface area contributed by atoms with E-state index in [1.54, 1.807) is 6.20 Å². The molecule has 4 rings (SSSR count). The van der Waals surface area contributed by atoms with Crippen LogP contribution in [0.1, 0.15) is 21.6 Å². The minimum Gasteiger partial charge on any atom is -0.385 e. The van der Waals surface area contributed by atoms with Gasteiger partial charge in [0.2, 0.25) is 0 Å². The van der Waals surface area contributed by atoms with Crippen LogP contribution in [-0.2, 0) is 6.42 Å². The average Bonchev–Trinajstić information content (AvgIpc) is 2.82. The topological polar surface area (TPSA) is 54.0 Å². The summed E-state index contributed by atoms with van der Waals surface area (Å²) in [5.74, 6) is -0.172. The number of halogens is 1. The van der Waals surface area contributed by atoms with Gasteiger partial charge in [-0.1, -0.05) is 47.5 Å². The molecule has 0 saturated carbocycles. The fourth-order valence-corrected chi connectivity index (χ4v) is 3.73. The van der Waals surface area contributed by atoms with Crippen molar-refractivity contribution >= 4 is 28.9 Å². The zero-order chi connectivity index (χ0) is 22.3. The van der Waals surface area contributed by atoms with Gasteiger partial charge in [-0.25, -0.2) is 0 Å². The van der Waals surface area contributed by atoms with Gasteiger partial charge in [0.25, 0.3) is 5.91 Å². The lowest BCUT2D eigenvalue weighted by atomic mass is 9.97. The minimum absolute atomic E-state index is 0.172. The van der Waals surface area contributed by atoms with Crippen LogP contribution in [0.4, 0.5) is 11.4 Å². The Morgan fingerprint density at radius 3 is 2.41 bits per heavy atom. The highest BCUT2D eigenvalue weighted by molar-refractivity contribution is 6.33. The predicted octanol–water partition coefficient (Wildman–Crippen LogP) is 6.62. The van der Waals surface area contributed by atoms with Gasteiger partial charge in [-0.2, -0.15) is 0 Å². The van der Waals surface area contributed by atoms with Crippen LogP contribution in [-0.4, -0.2) is 17.4 Å². The van der Waals surface area contributed by atoms with Crippen molar-refractivity contribution in [3.05, 3.63) is 113 Å². The van der Waals surface area contributed by atoms with Gasteiger partial charge in [0.05, 0.1) is 0 Å². The second-order valence-electron chi connectivity index (χ2n) is 7.56. The van der Waals surface area contributed by atoms with Crippen LogP contribution in [0.25, 0.3) is 11.1 Å². The molecule has 0 fully saturated rings. The molecular weight excluding hydrogens is 418 g/mol. The number of pyridine rings is 1. The summed E-state index contributed by atoms with van der Waals surface area (Å²) in [6.07, 6.45) is 2.65. The molecule has 0 aliphatic heterocycles. The molecule has 0 aliphatic carbocycles. The van der Waals surface area contributed by atoms with Gasteiger partial charge in [0.15, 0.2) is 0 Å². The number of aryl methyl sites for hydroxylation is 1. The molecule has 3 aromatic carbocycles. The molecule has 1 aromatic heterocycles. The summed E-state index contributed by atoms with van der Waals surface area (Å²) in [5, 5.41) is 6.99. The quantitative estimate of drug-likeness (QED) is 0.339. The number of hydrogen-bond donors (Lipinski definition) is 2. The first-order chi connectivity index (χ1) is 15.6. The molecule has 0 bridgehead atoms. The fourth-order valence-electron chi connectivity index (χ4n) is 3.51. The Morgan fingerprint density at radius 2 is 1.62 bits per heavy atom. The van der Waals surface area contributed by atoms with E-state index < -0.39 is 0 Å². The number of amides is 1. The lowest BCUT2D eigenvalue weighted by Gasteiger charge is -2.13. The number of nitrogens with zero attached hydrogens (tertiary/aromatic N) is 1. The lowest BCUT2D eigenvalue weighted by molar-refractivity contribution is 0.102. The zero-order valence-electron chi connectivity index (χ0n) is 17.8. The molecule has 0 aliphatic rings. The van der Waals surface area contributed by atoms with Crippen LogP contribution >= 0.6 is 11.6 Å². The van der Waals surface area contributed by atoms with Crippen LogP contribution in [0, 0.1) is 6.92 Å². The van der Waals surface area contributed by atoms with Crippen molar-refractivity contribution in [2.45, 2.75) is 13.3 Å². The highest BCUT2D eigenvalue weighted by Crippen LogP contribution is 2.31. The van der Waals surface area contributed by atoms with Gasteiger partial charge >= 0.3 is 0 Å². The van der Waals surface area contributed by atoms with Crippen molar-refractivity contribution in [2.75, 3.05) is 17.2 Å². The molecule has 0 saturated heterocycles. The number of aromatic nitrogens is 1. The zero-order valence-corrected chi connectivity index (χ0v) is 18.6. The molecule has 0 atom stereocenters. The molecule has 2 N–H and O–H groups in total. The van der Waals surface area contributed by atoms with E-state index in [0.29, 0.717) is 10.6 Å². The highest BCUT2D eigenvalue weighted by atomic mass is 35.5. The number of carbonyl (C=O) groups excluding carboxylic acids is 1. The third kappa shape index (κ3) is 5.34. The van der Waals surface area contributed by atoms with E-state index in [-0.39, 0.29) is 5.91 Å². The van der Waals surface area contributed by atoms with Gasteiger partial charge in [-0.3, -0.25) is 9.78 Å². The van der Waals surface area contributed by atoms with Gasteiger partial charge in [-0.15, -0.1) is 0 Å². The normalized spacial score (nSPS) is 10.6. The first-order valence-corrected chi connectivity index (χ1v) is 10.9. The van der Waals surface area contributed by atoms with Crippen LogP contribution < -0.4 is 10.6 Å². The van der Waals surface area contributed by atoms with E-state index in [2.05, 4.69) is 15.6 Å².